The molecule has 0 spiro atoms. The van der Waals surface area contributed by atoms with Gasteiger partial charge in [0.15, 0.2) is 0 Å². The fourth-order valence-electron chi connectivity index (χ4n) is 0.945. The first-order valence-corrected chi connectivity index (χ1v) is 5.06. The van der Waals surface area contributed by atoms with E-state index in [1.165, 1.54) is 0 Å². The number of hydrogen-bond acceptors (Lipinski definition) is 1. The van der Waals surface area contributed by atoms with Crippen LogP contribution in [0.5, 0.6) is 0 Å². The predicted octanol–water partition coefficient (Wildman–Crippen LogP) is 3.14. The van der Waals surface area contributed by atoms with Gasteiger partial charge in [0, 0.05) is 12.8 Å². The number of ether oxygens (including phenoxy) is 1. The molecule has 1 fully saturated rings. The third-order valence-electron chi connectivity index (χ3n) is 1.51. The Morgan fingerprint density at radius 1 is 0.909 bits per heavy atom. The van der Waals surface area contributed by atoms with Crippen molar-refractivity contribution in [2.45, 2.75) is 34.7 Å². The van der Waals surface area contributed by atoms with E-state index in [0.29, 0.717) is 12.8 Å². The molecule has 0 saturated carbocycles. The van der Waals surface area contributed by atoms with Crippen LogP contribution in [0.3, 0.4) is 0 Å². The van der Waals surface area contributed by atoms with Gasteiger partial charge in [0.25, 0.3) is 0 Å². The van der Waals surface area contributed by atoms with Gasteiger partial charge in [0.2, 0.25) is 0 Å². The van der Waals surface area contributed by atoms with Crippen LogP contribution >= 0.6 is 46.4 Å². The van der Waals surface area contributed by atoms with E-state index in [1.807, 2.05) is 0 Å². The minimum Gasteiger partial charge on any atom is -0.369 e. The van der Waals surface area contributed by atoms with E-state index in [0.717, 1.165) is 0 Å². The third-order valence-corrected chi connectivity index (χ3v) is 2.22. The second-order valence-electron chi connectivity index (χ2n) is 2.47. The van der Waals surface area contributed by atoms with Crippen LogP contribution in [-0.2, 0) is 4.74 Å². The highest BCUT2D eigenvalue weighted by Gasteiger charge is 2.40. The van der Waals surface area contributed by atoms with E-state index in [4.69, 9.17) is 51.1 Å². The second kappa shape index (κ2) is 4.38. The fraction of sp³-hybridized carbons (Fsp3) is 1.00. The maximum atomic E-state index is 5.53. The molecule has 0 bridgehead atoms. The van der Waals surface area contributed by atoms with Crippen molar-refractivity contribution in [3.05, 3.63) is 0 Å². The summed E-state index contributed by atoms with van der Waals surface area (Å²) in [6.45, 7) is 0. The quantitative estimate of drug-likeness (QED) is 0.541. The number of hydrogen-bond donors (Lipinski definition) is 0. The smallest absolute Gasteiger partial charge is 0.110 e. The standard InChI is InChI=1S/C6H8Cl4O/c7-5(8)1-3-4(11-3)2-6(9)10/h3-6H,1-2H2. The van der Waals surface area contributed by atoms with E-state index >= 15 is 0 Å². The molecule has 1 rings (SSSR count). The van der Waals surface area contributed by atoms with Gasteiger partial charge >= 0.3 is 0 Å². The van der Waals surface area contributed by atoms with Crippen LogP contribution in [0.15, 0.2) is 0 Å². The molecule has 1 saturated heterocycles. The highest BCUT2D eigenvalue weighted by Crippen LogP contribution is 2.34. The first-order chi connectivity index (χ1) is 5.09. The summed E-state index contributed by atoms with van der Waals surface area (Å²) in [5.41, 5.74) is 0. The zero-order chi connectivity index (χ0) is 8.43. The zero-order valence-electron chi connectivity index (χ0n) is 5.64. The normalized spacial score (nSPS) is 30.0. The molecule has 0 aromatic carbocycles. The molecule has 66 valence electrons. The summed E-state index contributed by atoms with van der Waals surface area (Å²) in [7, 11) is 0. The van der Waals surface area contributed by atoms with Crippen molar-refractivity contribution in [3.8, 4) is 0 Å². The topological polar surface area (TPSA) is 12.5 Å². The third kappa shape index (κ3) is 4.05. The van der Waals surface area contributed by atoms with Crippen LogP contribution in [0.25, 0.3) is 0 Å². The number of alkyl halides is 4. The van der Waals surface area contributed by atoms with Crippen molar-refractivity contribution < 1.29 is 4.74 Å². The minimum absolute atomic E-state index is 0.162. The summed E-state index contributed by atoms with van der Waals surface area (Å²) in [5.74, 6) is 0. The van der Waals surface area contributed by atoms with Crippen molar-refractivity contribution in [1.82, 2.24) is 0 Å². The summed E-state index contributed by atoms with van der Waals surface area (Å²) >= 11 is 22.1. The second-order valence-corrected chi connectivity index (χ2v) is 5.02. The Balaban J connectivity index is 2.07. The Labute approximate surface area is 85.9 Å². The monoisotopic (exact) mass is 236 g/mol. The van der Waals surface area contributed by atoms with Gasteiger partial charge in [0.05, 0.1) is 12.2 Å². The maximum absolute atomic E-state index is 5.53. The lowest BCUT2D eigenvalue weighted by atomic mass is 10.2. The van der Waals surface area contributed by atoms with Gasteiger partial charge < -0.3 is 4.74 Å². The van der Waals surface area contributed by atoms with Crippen molar-refractivity contribution in [1.29, 1.82) is 0 Å². The van der Waals surface area contributed by atoms with E-state index in [-0.39, 0.29) is 21.9 Å². The summed E-state index contributed by atoms with van der Waals surface area (Å²) in [5, 5.41) is 0. The Kier molecular flexibility index (Phi) is 4.06. The average molecular weight is 238 g/mol. The Morgan fingerprint density at radius 3 is 1.55 bits per heavy atom. The van der Waals surface area contributed by atoms with E-state index in [2.05, 4.69) is 0 Å². The molecule has 0 N–H and O–H groups in total. The summed E-state index contributed by atoms with van der Waals surface area (Å²) in [6.07, 6.45) is 1.65. The van der Waals surface area contributed by atoms with E-state index in [9.17, 15) is 0 Å². The summed E-state index contributed by atoms with van der Waals surface area (Å²) in [4.78, 5) is -0.705. The molecule has 1 heterocycles. The number of epoxide rings is 1. The first-order valence-electron chi connectivity index (χ1n) is 3.31. The molecule has 1 aliphatic heterocycles. The lowest BCUT2D eigenvalue weighted by Gasteiger charge is -1.96. The molecule has 1 aliphatic rings. The van der Waals surface area contributed by atoms with E-state index < -0.39 is 0 Å². The maximum Gasteiger partial charge on any atom is 0.110 e. The van der Waals surface area contributed by atoms with Crippen molar-refractivity contribution in [2.75, 3.05) is 0 Å². The average Bonchev–Trinajstić information content (AvgIpc) is 2.43. The minimum atomic E-state index is -0.353. The van der Waals surface area contributed by atoms with Crippen LogP contribution in [0, 0.1) is 0 Å². The molecule has 2 atom stereocenters. The van der Waals surface area contributed by atoms with Gasteiger partial charge in [-0.2, -0.15) is 0 Å². The van der Waals surface area contributed by atoms with Crippen LogP contribution < -0.4 is 0 Å². The molecule has 0 radical (unpaired) electrons. The van der Waals surface area contributed by atoms with E-state index in [1.54, 1.807) is 0 Å². The van der Waals surface area contributed by atoms with Gasteiger partial charge in [-0.25, -0.2) is 0 Å². The number of rotatable bonds is 4. The van der Waals surface area contributed by atoms with Gasteiger partial charge in [-0.15, -0.1) is 46.4 Å². The summed E-state index contributed by atoms with van der Waals surface area (Å²) in [6, 6.07) is 0. The largest absolute Gasteiger partial charge is 0.369 e. The molecule has 0 aliphatic carbocycles. The molecular weight excluding hydrogens is 230 g/mol. The molecule has 5 heteroatoms. The van der Waals surface area contributed by atoms with Crippen molar-refractivity contribution >= 4 is 46.4 Å². The Morgan fingerprint density at radius 2 is 1.27 bits per heavy atom. The SMILES string of the molecule is ClC(Cl)CC1OC1CC(Cl)Cl. The van der Waals surface area contributed by atoms with Crippen molar-refractivity contribution in [3.63, 3.8) is 0 Å². The van der Waals surface area contributed by atoms with Crippen molar-refractivity contribution in [2.24, 2.45) is 0 Å². The molecule has 0 amide bonds. The van der Waals surface area contributed by atoms with Crippen LogP contribution in [0.1, 0.15) is 12.8 Å². The fourth-order valence-corrected chi connectivity index (χ4v) is 1.65. The molecular formula is C6H8Cl4O. The van der Waals surface area contributed by atoms with Crippen LogP contribution in [-0.4, -0.2) is 21.9 Å². The first kappa shape index (κ1) is 10.2. The molecule has 2 unspecified atom stereocenters. The van der Waals surface area contributed by atoms with Gasteiger partial charge in [-0.3, -0.25) is 0 Å². The van der Waals surface area contributed by atoms with Crippen LogP contribution in [0.4, 0.5) is 0 Å². The zero-order valence-corrected chi connectivity index (χ0v) is 8.67. The summed E-state index contributed by atoms with van der Waals surface area (Å²) < 4.78 is 5.20. The highest BCUT2D eigenvalue weighted by molar-refractivity contribution is 6.44. The highest BCUT2D eigenvalue weighted by atomic mass is 35.5. The molecule has 1 nitrogen and oxygen atoms in total. The van der Waals surface area contributed by atoms with Gasteiger partial charge in [-0.1, -0.05) is 0 Å². The molecule has 11 heavy (non-hydrogen) atoms. The van der Waals surface area contributed by atoms with Gasteiger partial charge in [-0.05, 0) is 0 Å². The van der Waals surface area contributed by atoms with Crippen LogP contribution in [0.2, 0.25) is 0 Å². The lowest BCUT2D eigenvalue weighted by molar-refractivity contribution is 0.361. The molecule has 0 aromatic heterocycles. The molecule has 0 aromatic rings. The van der Waals surface area contributed by atoms with Gasteiger partial charge in [0.1, 0.15) is 9.67 Å². The Bertz CT molecular complexity index is 114. The number of halogens is 4. The Hall–Kier alpha value is 1.12. The lowest BCUT2D eigenvalue weighted by Crippen LogP contribution is -2.02. The predicted molar refractivity (Wildman–Crippen MR) is 48.9 cm³/mol.